The second kappa shape index (κ2) is 8.92. The van der Waals surface area contributed by atoms with Gasteiger partial charge in [0.15, 0.2) is 0 Å². The lowest BCUT2D eigenvalue weighted by Crippen LogP contribution is -2.18. The first-order valence-corrected chi connectivity index (χ1v) is 10.4. The number of phenolic OH excluding ortho intramolecular Hbond substituents is 1. The van der Waals surface area contributed by atoms with Gasteiger partial charge in [-0.25, -0.2) is 4.79 Å². The Morgan fingerprint density at radius 2 is 1.55 bits per heavy atom. The van der Waals surface area contributed by atoms with Crippen molar-refractivity contribution in [2.75, 3.05) is 5.32 Å². The predicted molar refractivity (Wildman–Crippen MR) is 125 cm³/mol. The monoisotopic (exact) mass is 411 g/mol. The molecule has 2 N–H and O–H groups in total. The molecule has 0 spiro atoms. The summed E-state index contributed by atoms with van der Waals surface area (Å²) >= 11 is 0. The third-order valence-electron chi connectivity index (χ3n) is 5.48. The van der Waals surface area contributed by atoms with Crippen LogP contribution in [-0.4, -0.2) is 11.2 Å². The van der Waals surface area contributed by atoms with Crippen LogP contribution in [0, 0.1) is 6.92 Å². The van der Waals surface area contributed by atoms with Gasteiger partial charge in [-0.1, -0.05) is 79.7 Å². The number of fused-ring (bicyclic) bond motifs is 1. The van der Waals surface area contributed by atoms with Gasteiger partial charge in [-0.3, -0.25) is 5.32 Å². The molecule has 1 amide bonds. The fourth-order valence-electron chi connectivity index (χ4n) is 3.84. The molecule has 0 aliphatic carbocycles. The van der Waals surface area contributed by atoms with E-state index in [-0.39, 0.29) is 0 Å². The molecule has 4 aromatic carbocycles. The third kappa shape index (κ3) is 4.38. The molecule has 4 heteroatoms. The molecule has 0 saturated heterocycles. The first-order valence-electron chi connectivity index (χ1n) is 10.4. The summed E-state index contributed by atoms with van der Waals surface area (Å²) in [7, 11) is 0. The van der Waals surface area contributed by atoms with Crippen LogP contribution < -0.4 is 10.1 Å². The van der Waals surface area contributed by atoms with Crippen molar-refractivity contribution >= 4 is 22.6 Å². The number of anilines is 1. The normalized spacial score (nSPS) is 10.8. The first-order chi connectivity index (χ1) is 15.1. The van der Waals surface area contributed by atoms with Crippen LogP contribution in [0.3, 0.4) is 0 Å². The molecule has 0 bridgehead atoms. The molecule has 0 radical (unpaired) electrons. The average molecular weight is 412 g/mol. The largest absolute Gasteiger partial charge is 0.507 e. The van der Waals surface area contributed by atoms with Crippen molar-refractivity contribution < 1.29 is 14.6 Å². The minimum absolute atomic E-state index is 0.303. The summed E-state index contributed by atoms with van der Waals surface area (Å²) in [5.74, 6) is 0.819. The number of hydrogen-bond donors (Lipinski definition) is 2. The minimum atomic E-state index is -0.543. The molecular formula is C27H25NO3. The van der Waals surface area contributed by atoms with Crippen LogP contribution >= 0.6 is 0 Å². The van der Waals surface area contributed by atoms with Crippen molar-refractivity contribution in [3.8, 4) is 11.5 Å². The molecule has 0 atom stereocenters. The lowest BCUT2D eigenvalue weighted by molar-refractivity contribution is 0.214. The van der Waals surface area contributed by atoms with E-state index in [1.54, 1.807) is 0 Å². The maximum atomic E-state index is 12.8. The number of carbonyl (C=O) groups is 1. The Labute approximate surface area is 182 Å². The van der Waals surface area contributed by atoms with E-state index in [1.807, 2.05) is 92.7 Å². The number of rotatable bonds is 5. The van der Waals surface area contributed by atoms with Crippen LogP contribution in [0.15, 0.2) is 78.9 Å². The van der Waals surface area contributed by atoms with Crippen molar-refractivity contribution in [3.05, 3.63) is 101 Å². The highest BCUT2D eigenvalue weighted by Gasteiger charge is 2.15. The molecular weight excluding hydrogens is 386 g/mol. The standard InChI is InChI=1S/C27H25NO3/c1-3-19-11-7-13-21(25(19)29)17-22-14-6-9-18(2)26(22)31-27(30)28-24-16-8-12-20-10-4-5-15-23(20)24/h4-16,29H,3,17H2,1-2H3,(H,28,30). The molecule has 0 aliphatic heterocycles. The molecule has 0 aromatic heterocycles. The van der Waals surface area contributed by atoms with E-state index in [4.69, 9.17) is 4.74 Å². The maximum absolute atomic E-state index is 12.8. The van der Waals surface area contributed by atoms with Gasteiger partial charge in [-0.2, -0.15) is 0 Å². The first kappa shape index (κ1) is 20.5. The van der Waals surface area contributed by atoms with Crippen molar-refractivity contribution in [1.82, 2.24) is 0 Å². The SMILES string of the molecule is CCc1cccc(Cc2cccc(C)c2OC(=O)Nc2cccc3ccccc23)c1O. The molecule has 4 nitrogen and oxygen atoms in total. The van der Waals surface area contributed by atoms with Crippen LogP contribution in [0.4, 0.5) is 10.5 Å². The van der Waals surface area contributed by atoms with Gasteiger partial charge in [0.05, 0.1) is 5.69 Å². The van der Waals surface area contributed by atoms with Crippen molar-refractivity contribution in [3.63, 3.8) is 0 Å². The van der Waals surface area contributed by atoms with E-state index in [9.17, 15) is 9.90 Å². The smallest absolute Gasteiger partial charge is 0.417 e. The number of benzene rings is 4. The van der Waals surface area contributed by atoms with Crippen LogP contribution in [0.25, 0.3) is 10.8 Å². The van der Waals surface area contributed by atoms with Gasteiger partial charge in [0, 0.05) is 11.8 Å². The fourth-order valence-corrected chi connectivity index (χ4v) is 3.84. The molecule has 0 saturated carbocycles. The van der Waals surface area contributed by atoms with Crippen LogP contribution in [0.1, 0.15) is 29.2 Å². The summed E-state index contributed by atoms with van der Waals surface area (Å²) in [5, 5.41) is 15.4. The van der Waals surface area contributed by atoms with Gasteiger partial charge >= 0.3 is 6.09 Å². The molecule has 31 heavy (non-hydrogen) atoms. The number of aryl methyl sites for hydroxylation is 2. The summed E-state index contributed by atoms with van der Waals surface area (Å²) in [6, 6.07) is 25.2. The lowest BCUT2D eigenvalue weighted by atomic mass is 9.98. The zero-order valence-corrected chi connectivity index (χ0v) is 17.7. The molecule has 0 unspecified atom stereocenters. The summed E-state index contributed by atoms with van der Waals surface area (Å²) in [6.45, 7) is 3.92. The Balaban J connectivity index is 1.59. The van der Waals surface area contributed by atoms with Gasteiger partial charge in [-0.05, 0) is 47.1 Å². The Hall–Kier alpha value is -3.79. The van der Waals surface area contributed by atoms with Gasteiger partial charge in [0.1, 0.15) is 11.5 Å². The quantitative estimate of drug-likeness (QED) is 0.388. The number of amides is 1. The average Bonchev–Trinajstić information content (AvgIpc) is 2.78. The predicted octanol–water partition coefficient (Wildman–Crippen LogP) is 6.62. The molecule has 156 valence electrons. The highest BCUT2D eigenvalue weighted by molar-refractivity contribution is 6.00. The van der Waals surface area contributed by atoms with Gasteiger partial charge in [0.25, 0.3) is 0 Å². The Kier molecular flexibility index (Phi) is 5.89. The van der Waals surface area contributed by atoms with E-state index >= 15 is 0 Å². The van der Waals surface area contributed by atoms with E-state index in [2.05, 4.69) is 5.32 Å². The lowest BCUT2D eigenvalue weighted by Gasteiger charge is -2.15. The number of hydrogen-bond acceptors (Lipinski definition) is 3. The van der Waals surface area contributed by atoms with Crippen molar-refractivity contribution in [2.24, 2.45) is 0 Å². The number of para-hydroxylation sites is 2. The van der Waals surface area contributed by atoms with Crippen molar-refractivity contribution in [2.45, 2.75) is 26.7 Å². The van der Waals surface area contributed by atoms with Crippen LogP contribution in [-0.2, 0) is 12.8 Å². The summed E-state index contributed by atoms with van der Waals surface area (Å²) in [4.78, 5) is 12.8. The Morgan fingerprint density at radius 3 is 2.39 bits per heavy atom. The number of phenols is 1. The van der Waals surface area contributed by atoms with Gasteiger partial charge in [-0.15, -0.1) is 0 Å². The fraction of sp³-hybridized carbons (Fsp3) is 0.148. The van der Waals surface area contributed by atoms with E-state index in [1.165, 1.54) is 0 Å². The molecule has 4 aromatic rings. The van der Waals surface area contributed by atoms with Gasteiger partial charge in [0.2, 0.25) is 0 Å². The molecule has 4 rings (SSSR count). The number of nitrogens with one attached hydrogen (secondary N) is 1. The zero-order valence-electron chi connectivity index (χ0n) is 17.7. The number of ether oxygens (including phenoxy) is 1. The van der Waals surface area contributed by atoms with Crippen LogP contribution in [0.2, 0.25) is 0 Å². The third-order valence-corrected chi connectivity index (χ3v) is 5.48. The highest BCUT2D eigenvalue weighted by atomic mass is 16.6. The minimum Gasteiger partial charge on any atom is -0.507 e. The molecule has 0 aliphatic rings. The summed E-state index contributed by atoms with van der Waals surface area (Å²) in [6.07, 6.45) is 0.682. The topological polar surface area (TPSA) is 58.6 Å². The zero-order chi connectivity index (χ0) is 21.8. The highest BCUT2D eigenvalue weighted by Crippen LogP contribution is 2.31. The Bertz CT molecular complexity index is 1240. The second-order valence-corrected chi connectivity index (χ2v) is 7.56. The van der Waals surface area contributed by atoms with E-state index < -0.39 is 6.09 Å². The molecule has 0 fully saturated rings. The van der Waals surface area contributed by atoms with Gasteiger partial charge < -0.3 is 9.84 Å². The van der Waals surface area contributed by atoms with Crippen molar-refractivity contribution in [1.29, 1.82) is 0 Å². The Morgan fingerprint density at radius 1 is 0.871 bits per heavy atom. The maximum Gasteiger partial charge on any atom is 0.417 e. The number of carbonyl (C=O) groups excluding carboxylic acids is 1. The summed E-state index contributed by atoms with van der Waals surface area (Å²) in [5.41, 5.74) is 4.12. The van der Waals surface area contributed by atoms with Crippen LogP contribution in [0.5, 0.6) is 11.5 Å². The summed E-state index contributed by atoms with van der Waals surface area (Å²) < 4.78 is 5.77. The molecule has 0 heterocycles. The second-order valence-electron chi connectivity index (χ2n) is 7.56. The van der Waals surface area contributed by atoms with E-state index in [0.29, 0.717) is 23.6 Å². The number of aromatic hydroxyl groups is 1. The van der Waals surface area contributed by atoms with E-state index in [0.717, 1.165) is 39.4 Å².